The lowest BCUT2D eigenvalue weighted by atomic mass is 9.92. The predicted molar refractivity (Wildman–Crippen MR) is 122 cm³/mol. The zero-order chi connectivity index (χ0) is 22.3. The van der Waals surface area contributed by atoms with E-state index in [2.05, 4.69) is 11.8 Å². The van der Waals surface area contributed by atoms with Crippen LogP contribution in [-0.4, -0.2) is 62.3 Å². The molecule has 2 aromatic rings. The molecule has 0 saturated carbocycles. The Bertz CT molecular complexity index is 961. The largest absolute Gasteiger partial charge is 0.444 e. The quantitative estimate of drug-likeness (QED) is 0.638. The number of likely N-dealkylation sites (tertiary alicyclic amines) is 2. The number of rotatable bonds is 4. The van der Waals surface area contributed by atoms with Crippen LogP contribution in [0.25, 0.3) is 5.65 Å². The van der Waals surface area contributed by atoms with Gasteiger partial charge in [-0.05, 0) is 65.8 Å². The van der Waals surface area contributed by atoms with Gasteiger partial charge in [-0.3, -0.25) is 4.90 Å². The molecule has 4 rings (SSSR count). The fraction of sp³-hybridized carbons (Fsp3) is 0.696. The van der Waals surface area contributed by atoms with Gasteiger partial charge in [-0.1, -0.05) is 18.5 Å². The number of hydrogen-bond donors (Lipinski definition) is 0. The molecule has 1 atom stereocenters. The molecule has 31 heavy (non-hydrogen) atoms. The monoisotopic (exact) mass is 447 g/mol. The lowest BCUT2D eigenvalue weighted by Crippen LogP contribution is -2.47. The van der Waals surface area contributed by atoms with Crippen molar-refractivity contribution in [2.75, 3.05) is 26.2 Å². The molecule has 0 unspecified atom stereocenters. The molecule has 2 aliphatic rings. The molecule has 0 aliphatic carbocycles. The molecule has 0 N–H and O–H groups in total. The summed E-state index contributed by atoms with van der Waals surface area (Å²) in [5.74, 6) is 0.617. The maximum absolute atomic E-state index is 12.8. The summed E-state index contributed by atoms with van der Waals surface area (Å²) >= 11 is 6.82. The van der Waals surface area contributed by atoms with Crippen LogP contribution in [0.1, 0.15) is 70.0 Å². The highest BCUT2D eigenvalue weighted by Gasteiger charge is 2.34. The topological polar surface area (TPSA) is 63.0 Å². The number of aromatic nitrogens is 3. The summed E-state index contributed by atoms with van der Waals surface area (Å²) in [5, 5.41) is 5.45. The Labute approximate surface area is 189 Å². The van der Waals surface area contributed by atoms with Gasteiger partial charge in [-0.25, -0.2) is 14.3 Å². The average Bonchev–Trinajstić information content (AvgIpc) is 3.09. The Hall–Kier alpha value is -1.86. The highest BCUT2D eigenvalue weighted by atomic mass is 35.5. The minimum Gasteiger partial charge on any atom is -0.444 e. The smallest absolute Gasteiger partial charge is 0.410 e. The van der Waals surface area contributed by atoms with Gasteiger partial charge < -0.3 is 9.64 Å². The van der Waals surface area contributed by atoms with E-state index in [1.807, 2.05) is 38.7 Å². The number of nitrogens with zero attached hydrogens (tertiary/aromatic N) is 5. The second-order valence-corrected chi connectivity index (χ2v) is 10.3. The molecule has 4 heterocycles. The van der Waals surface area contributed by atoms with E-state index in [9.17, 15) is 4.79 Å². The van der Waals surface area contributed by atoms with Crippen molar-refractivity contribution in [1.82, 2.24) is 24.4 Å². The molecule has 0 spiro atoms. The summed E-state index contributed by atoms with van der Waals surface area (Å²) in [6.45, 7) is 13.9. The van der Waals surface area contributed by atoms with E-state index in [4.69, 9.17) is 26.4 Å². The van der Waals surface area contributed by atoms with Crippen LogP contribution in [0.15, 0.2) is 6.07 Å². The van der Waals surface area contributed by atoms with Crippen LogP contribution in [0.2, 0.25) is 5.15 Å². The first-order valence-corrected chi connectivity index (χ1v) is 11.8. The van der Waals surface area contributed by atoms with Crippen LogP contribution >= 0.6 is 11.6 Å². The number of aryl methyl sites for hydroxylation is 1. The zero-order valence-corrected chi connectivity index (χ0v) is 20.1. The van der Waals surface area contributed by atoms with Gasteiger partial charge in [-0.2, -0.15) is 5.10 Å². The Morgan fingerprint density at radius 2 is 2.03 bits per heavy atom. The molecule has 0 radical (unpaired) electrons. The van der Waals surface area contributed by atoms with Gasteiger partial charge in [-0.15, -0.1) is 0 Å². The number of fused-ring (bicyclic) bond motifs is 1. The summed E-state index contributed by atoms with van der Waals surface area (Å²) in [5.41, 5.74) is 3.09. The van der Waals surface area contributed by atoms with E-state index < -0.39 is 5.60 Å². The normalized spacial score (nSPS) is 20.8. The van der Waals surface area contributed by atoms with E-state index >= 15 is 0 Å². The third-order valence-electron chi connectivity index (χ3n) is 6.31. The maximum atomic E-state index is 12.8. The van der Waals surface area contributed by atoms with Gasteiger partial charge in [0.25, 0.3) is 0 Å². The van der Waals surface area contributed by atoms with Gasteiger partial charge in [0, 0.05) is 37.0 Å². The van der Waals surface area contributed by atoms with Crippen LogP contribution in [0, 0.1) is 12.8 Å². The van der Waals surface area contributed by atoms with Crippen molar-refractivity contribution in [3.8, 4) is 0 Å². The Morgan fingerprint density at radius 1 is 1.29 bits per heavy atom. The molecular formula is C23H34ClN5O2. The van der Waals surface area contributed by atoms with Crippen LogP contribution in [0.5, 0.6) is 0 Å². The Morgan fingerprint density at radius 3 is 2.71 bits per heavy atom. The molecular weight excluding hydrogens is 414 g/mol. The minimum absolute atomic E-state index is 0.116. The van der Waals surface area contributed by atoms with E-state index in [1.165, 1.54) is 0 Å². The van der Waals surface area contributed by atoms with Gasteiger partial charge in [0.05, 0.1) is 11.7 Å². The van der Waals surface area contributed by atoms with Gasteiger partial charge in [0.2, 0.25) is 0 Å². The first kappa shape index (κ1) is 22.3. The predicted octanol–water partition coefficient (Wildman–Crippen LogP) is 4.65. The summed E-state index contributed by atoms with van der Waals surface area (Å²) in [4.78, 5) is 21.9. The number of ether oxygens (including phenoxy) is 1. The molecule has 2 aliphatic heterocycles. The molecule has 2 fully saturated rings. The van der Waals surface area contributed by atoms with Crippen molar-refractivity contribution < 1.29 is 9.53 Å². The Kier molecular flexibility index (Phi) is 6.19. The third-order valence-corrected chi connectivity index (χ3v) is 6.70. The average molecular weight is 448 g/mol. The molecule has 2 aromatic heterocycles. The standard InChI is InChI=1S/C23H34ClN5O2/c1-6-27-13-16(14-27)11-17-15(2)25-20-12-18(26-29(20)21(17)24)19-9-7-8-10-28(19)22(30)31-23(3,4)5/h12,16,19H,6-11,13-14H2,1-5H3/t19-/m0/s1. The molecule has 170 valence electrons. The summed E-state index contributed by atoms with van der Waals surface area (Å²) in [6, 6.07) is 1.85. The lowest BCUT2D eigenvalue weighted by molar-refractivity contribution is 0.00898. The second-order valence-electron chi connectivity index (χ2n) is 9.91. The number of carbonyl (C=O) groups excluding carboxylic acids is 1. The SMILES string of the molecule is CCN1CC(Cc2c(C)nc3cc([C@@H]4CCCCN4C(=O)OC(C)(C)C)nn3c2Cl)C1. The zero-order valence-electron chi connectivity index (χ0n) is 19.3. The summed E-state index contributed by atoms with van der Waals surface area (Å²) < 4.78 is 7.40. The van der Waals surface area contributed by atoms with Crippen molar-refractivity contribution >= 4 is 23.3 Å². The molecule has 2 saturated heterocycles. The highest BCUT2D eigenvalue weighted by Crippen LogP contribution is 2.33. The first-order valence-electron chi connectivity index (χ1n) is 11.4. The van der Waals surface area contributed by atoms with Gasteiger partial charge in [0.15, 0.2) is 5.65 Å². The summed E-state index contributed by atoms with van der Waals surface area (Å²) in [6.07, 6.45) is 3.53. The van der Waals surface area contributed by atoms with Crippen LogP contribution < -0.4 is 0 Å². The molecule has 8 heteroatoms. The summed E-state index contributed by atoms with van der Waals surface area (Å²) in [7, 11) is 0. The van der Waals surface area contributed by atoms with Crippen LogP contribution in [0.4, 0.5) is 4.79 Å². The number of hydrogen-bond acceptors (Lipinski definition) is 5. The van der Waals surface area contributed by atoms with Crippen molar-refractivity contribution in [2.24, 2.45) is 5.92 Å². The van der Waals surface area contributed by atoms with Crippen molar-refractivity contribution in [2.45, 2.75) is 71.9 Å². The molecule has 7 nitrogen and oxygen atoms in total. The first-order chi connectivity index (χ1) is 14.7. The van der Waals surface area contributed by atoms with Crippen molar-refractivity contribution in [1.29, 1.82) is 0 Å². The fourth-order valence-corrected chi connectivity index (χ4v) is 4.99. The molecule has 0 aromatic carbocycles. The fourth-order valence-electron chi connectivity index (χ4n) is 4.66. The van der Waals surface area contributed by atoms with Crippen LogP contribution in [-0.2, 0) is 11.2 Å². The minimum atomic E-state index is -0.524. The number of amides is 1. The number of carbonyl (C=O) groups is 1. The maximum Gasteiger partial charge on any atom is 0.410 e. The highest BCUT2D eigenvalue weighted by molar-refractivity contribution is 6.30. The van der Waals surface area contributed by atoms with Crippen molar-refractivity contribution in [3.05, 3.63) is 28.2 Å². The molecule has 1 amide bonds. The second kappa shape index (κ2) is 8.58. The molecule has 0 bridgehead atoms. The van der Waals surface area contributed by atoms with Gasteiger partial charge in [0.1, 0.15) is 10.8 Å². The van der Waals surface area contributed by atoms with Gasteiger partial charge >= 0.3 is 6.09 Å². The Balaban J connectivity index is 1.60. The lowest BCUT2D eigenvalue weighted by Gasteiger charge is -2.38. The van der Waals surface area contributed by atoms with E-state index in [1.54, 1.807) is 4.52 Å². The number of piperidine rings is 1. The van der Waals surface area contributed by atoms with E-state index in [0.717, 1.165) is 67.9 Å². The number of halogens is 1. The third kappa shape index (κ3) is 4.67. The van der Waals surface area contributed by atoms with E-state index in [0.29, 0.717) is 17.6 Å². The van der Waals surface area contributed by atoms with Crippen LogP contribution in [0.3, 0.4) is 0 Å². The van der Waals surface area contributed by atoms with E-state index in [-0.39, 0.29) is 12.1 Å². The van der Waals surface area contributed by atoms with Crippen molar-refractivity contribution in [3.63, 3.8) is 0 Å².